The van der Waals surface area contributed by atoms with Crippen molar-refractivity contribution in [2.45, 2.75) is 335 Å². The normalized spacial score (nSPS) is 12.7. The number of ether oxygens (including phenoxy) is 3. The van der Waals surface area contributed by atoms with Crippen LogP contribution >= 0.6 is 0 Å². The average molecular weight is 1100 g/mol. The molecule has 0 heterocycles. The van der Waals surface area contributed by atoms with Crippen LogP contribution in [0.5, 0.6) is 0 Å². The Labute approximate surface area is 489 Å². The molecule has 0 N–H and O–H groups in total. The highest BCUT2D eigenvalue weighted by molar-refractivity contribution is 5.71. The second-order valence-electron chi connectivity index (χ2n) is 22.3. The van der Waals surface area contributed by atoms with E-state index in [0.29, 0.717) is 19.3 Å². The Kier molecular flexibility index (Phi) is 63.7. The van der Waals surface area contributed by atoms with Crippen molar-refractivity contribution in [1.29, 1.82) is 0 Å². The second kappa shape index (κ2) is 66.8. The van der Waals surface area contributed by atoms with Gasteiger partial charge in [-0.15, -0.1) is 0 Å². The van der Waals surface area contributed by atoms with Gasteiger partial charge >= 0.3 is 17.9 Å². The number of allylic oxidation sites excluding steroid dienone is 16. The van der Waals surface area contributed by atoms with Gasteiger partial charge in [0, 0.05) is 19.3 Å². The molecule has 0 bridgehead atoms. The van der Waals surface area contributed by atoms with Crippen molar-refractivity contribution in [3.8, 4) is 0 Å². The zero-order valence-electron chi connectivity index (χ0n) is 52.1. The Morgan fingerprint density at radius 2 is 0.494 bits per heavy atom. The second-order valence-corrected chi connectivity index (χ2v) is 22.3. The van der Waals surface area contributed by atoms with Crippen LogP contribution in [0, 0.1) is 0 Å². The molecule has 0 aliphatic heterocycles. The molecular weight excluding hydrogens is 973 g/mol. The van der Waals surface area contributed by atoms with Crippen molar-refractivity contribution in [3.05, 3.63) is 97.2 Å². The van der Waals surface area contributed by atoms with E-state index in [2.05, 4.69) is 118 Å². The Morgan fingerprint density at radius 1 is 0.266 bits per heavy atom. The Balaban J connectivity index is 4.33. The van der Waals surface area contributed by atoms with Crippen LogP contribution in [0.3, 0.4) is 0 Å². The number of carbonyl (C=O) groups is 3. The molecule has 0 saturated carbocycles. The maximum absolute atomic E-state index is 12.9. The molecule has 1 atom stereocenters. The largest absolute Gasteiger partial charge is 0.462 e. The monoisotopic (exact) mass is 1100 g/mol. The lowest BCUT2D eigenvalue weighted by atomic mass is 10.0. The summed E-state index contributed by atoms with van der Waals surface area (Å²) in [5, 5.41) is 0. The maximum Gasteiger partial charge on any atom is 0.306 e. The van der Waals surface area contributed by atoms with E-state index >= 15 is 0 Å². The summed E-state index contributed by atoms with van der Waals surface area (Å²) < 4.78 is 17.0. The van der Waals surface area contributed by atoms with E-state index in [1.807, 2.05) is 0 Å². The molecule has 0 aliphatic carbocycles. The summed E-state index contributed by atoms with van der Waals surface area (Å²) in [4.78, 5) is 38.4. The van der Waals surface area contributed by atoms with Crippen LogP contribution in [-0.2, 0) is 28.6 Å². The minimum absolute atomic E-state index is 0.0819. The topological polar surface area (TPSA) is 78.9 Å². The van der Waals surface area contributed by atoms with Crippen LogP contribution in [0.2, 0.25) is 0 Å². The van der Waals surface area contributed by atoms with Gasteiger partial charge in [-0.2, -0.15) is 0 Å². The smallest absolute Gasteiger partial charge is 0.306 e. The van der Waals surface area contributed by atoms with Crippen molar-refractivity contribution >= 4 is 17.9 Å². The predicted molar refractivity (Wildman–Crippen MR) is 344 cm³/mol. The van der Waals surface area contributed by atoms with Crippen molar-refractivity contribution in [2.24, 2.45) is 0 Å². The zero-order valence-corrected chi connectivity index (χ0v) is 52.1. The number of carbonyl (C=O) groups excluding carboxylic acids is 3. The lowest BCUT2D eigenvalue weighted by Gasteiger charge is -2.18. The summed E-state index contributed by atoms with van der Waals surface area (Å²) in [5.41, 5.74) is 0. The molecule has 0 rings (SSSR count). The number of esters is 3. The summed E-state index contributed by atoms with van der Waals surface area (Å²) in [6, 6.07) is 0. The molecule has 0 amide bonds. The van der Waals surface area contributed by atoms with E-state index in [1.54, 1.807) is 0 Å². The molecule has 79 heavy (non-hydrogen) atoms. The van der Waals surface area contributed by atoms with Gasteiger partial charge in [-0.05, 0) is 122 Å². The van der Waals surface area contributed by atoms with Crippen molar-refractivity contribution in [2.75, 3.05) is 13.2 Å². The van der Waals surface area contributed by atoms with Crippen LogP contribution in [0.25, 0.3) is 0 Å². The number of unbranched alkanes of at least 4 members (excludes halogenated alkanes) is 34. The first-order valence-corrected chi connectivity index (χ1v) is 33.7. The molecule has 0 aromatic carbocycles. The first kappa shape index (κ1) is 75.3. The fourth-order valence-electron chi connectivity index (χ4n) is 9.50. The standard InChI is InChI=1S/C73H126O6/c1-4-7-10-13-16-19-22-25-28-30-32-33-34-35-36-37-38-39-41-42-45-48-51-54-57-60-63-66-72(75)78-69-70(68-77-71(74)65-62-59-56-53-50-47-44-27-24-21-18-15-12-9-6-3)79-73(76)67-64-61-58-55-52-49-46-43-40-31-29-26-23-20-17-14-11-8-5-2/h7,10,16-17,19-20,25-29,32-33,35-36,44,70H,4-6,8-9,11-15,18,21-24,30-31,34,37-43,45-69H2,1-3H3/b10-7-,19-16-,20-17-,28-25-,29-26-,33-32-,36-35-,44-27-. The van der Waals surface area contributed by atoms with E-state index in [0.717, 1.165) is 103 Å². The third-order valence-corrected chi connectivity index (χ3v) is 14.5. The predicted octanol–water partition coefficient (Wildman–Crippen LogP) is 23.2. The SMILES string of the molecule is CC/C=C\C/C=C\C/C=C\C/C=C\C/C=C\CCCCCCCCCCCCCC(=O)OCC(COC(=O)CCCCCCC/C=C\CCCCCCCC)OC(=O)CCCCCCCCCCC/C=C\C/C=C\CCCCC. The molecule has 1 unspecified atom stereocenters. The quantitative estimate of drug-likeness (QED) is 0.0261. The van der Waals surface area contributed by atoms with E-state index < -0.39 is 6.10 Å². The first-order chi connectivity index (χ1) is 39.0. The molecule has 454 valence electrons. The van der Waals surface area contributed by atoms with Crippen LogP contribution in [0.4, 0.5) is 0 Å². The van der Waals surface area contributed by atoms with Gasteiger partial charge in [0.05, 0.1) is 0 Å². The molecule has 0 aliphatic rings. The van der Waals surface area contributed by atoms with E-state index in [1.165, 1.54) is 186 Å². The lowest BCUT2D eigenvalue weighted by molar-refractivity contribution is -0.167. The number of rotatable bonds is 61. The van der Waals surface area contributed by atoms with Crippen molar-refractivity contribution in [1.82, 2.24) is 0 Å². The molecule has 6 nitrogen and oxygen atoms in total. The summed E-state index contributed by atoms with van der Waals surface area (Å²) in [6.07, 6.45) is 89.8. The molecule has 0 radical (unpaired) electrons. The third-order valence-electron chi connectivity index (χ3n) is 14.5. The van der Waals surface area contributed by atoms with Crippen LogP contribution in [0.1, 0.15) is 329 Å². The minimum atomic E-state index is -0.786. The summed E-state index contributed by atoms with van der Waals surface area (Å²) in [6.45, 7) is 6.52. The minimum Gasteiger partial charge on any atom is -0.462 e. The Morgan fingerprint density at radius 3 is 0.810 bits per heavy atom. The number of hydrogen-bond donors (Lipinski definition) is 0. The molecular formula is C73H126O6. The van der Waals surface area contributed by atoms with E-state index in [-0.39, 0.29) is 31.1 Å². The summed E-state index contributed by atoms with van der Waals surface area (Å²) in [7, 11) is 0. The highest BCUT2D eigenvalue weighted by Crippen LogP contribution is 2.16. The fraction of sp³-hybridized carbons (Fsp3) is 0.740. The summed E-state index contributed by atoms with van der Waals surface area (Å²) in [5.74, 6) is -0.884. The highest BCUT2D eigenvalue weighted by Gasteiger charge is 2.19. The van der Waals surface area contributed by atoms with Crippen LogP contribution in [0.15, 0.2) is 97.2 Å². The van der Waals surface area contributed by atoms with Gasteiger partial charge in [-0.25, -0.2) is 0 Å². The van der Waals surface area contributed by atoms with Crippen molar-refractivity contribution in [3.63, 3.8) is 0 Å². The number of hydrogen-bond acceptors (Lipinski definition) is 6. The molecule has 0 saturated heterocycles. The molecule has 6 heteroatoms. The maximum atomic E-state index is 12.9. The van der Waals surface area contributed by atoms with E-state index in [4.69, 9.17) is 14.2 Å². The Hall–Kier alpha value is -3.67. The van der Waals surface area contributed by atoms with Gasteiger partial charge in [-0.1, -0.05) is 285 Å². The highest BCUT2D eigenvalue weighted by atomic mass is 16.6. The van der Waals surface area contributed by atoms with E-state index in [9.17, 15) is 14.4 Å². The van der Waals surface area contributed by atoms with Crippen molar-refractivity contribution < 1.29 is 28.6 Å². The first-order valence-electron chi connectivity index (χ1n) is 33.7. The van der Waals surface area contributed by atoms with Gasteiger partial charge in [0.15, 0.2) is 6.10 Å². The lowest BCUT2D eigenvalue weighted by Crippen LogP contribution is -2.30. The molecule has 0 aromatic rings. The summed E-state index contributed by atoms with van der Waals surface area (Å²) >= 11 is 0. The molecule has 0 spiro atoms. The fourth-order valence-corrected chi connectivity index (χ4v) is 9.50. The molecule has 0 fully saturated rings. The van der Waals surface area contributed by atoms with Gasteiger partial charge < -0.3 is 14.2 Å². The molecule has 0 aromatic heterocycles. The van der Waals surface area contributed by atoms with Crippen LogP contribution in [-0.4, -0.2) is 37.2 Å². The van der Waals surface area contributed by atoms with Gasteiger partial charge in [0.25, 0.3) is 0 Å². The van der Waals surface area contributed by atoms with Gasteiger partial charge in [0.1, 0.15) is 13.2 Å². The zero-order chi connectivity index (χ0) is 57.1. The van der Waals surface area contributed by atoms with Gasteiger partial charge in [0.2, 0.25) is 0 Å². The van der Waals surface area contributed by atoms with Gasteiger partial charge in [-0.3, -0.25) is 14.4 Å². The average Bonchev–Trinajstić information content (AvgIpc) is 3.45. The Bertz CT molecular complexity index is 1540. The van der Waals surface area contributed by atoms with Crippen LogP contribution < -0.4 is 0 Å². The third kappa shape index (κ3) is 65.0.